The van der Waals surface area contributed by atoms with E-state index in [0.29, 0.717) is 37.9 Å². The van der Waals surface area contributed by atoms with E-state index >= 15 is 0 Å². The molecule has 0 unspecified atom stereocenters. The smallest absolute Gasteiger partial charge is 0.161 e. The van der Waals surface area contributed by atoms with Crippen molar-refractivity contribution in [2.24, 2.45) is 0 Å². The normalized spacial score (nSPS) is 10.8. The lowest BCUT2D eigenvalue weighted by Crippen LogP contribution is -2.13. The second-order valence-corrected chi connectivity index (χ2v) is 6.84. The van der Waals surface area contributed by atoms with Crippen LogP contribution in [0.1, 0.15) is 12.7 Å². The lowest BCUT2D eigenvalue weighted by atomic mass is 10.3. The van der Waals surface area contributed by atoms with Gasteiger partial charge in [-0.15, -0.1) is 0 Å². The number of ether oxygens (including phenoxy) is 4. The maximum Gasteiger partial charge on any atom is 0.161 e. The number of methoxy groups -OCH3 is 1. The number of imidazole rings is 1. The maximum atomic E-state index is 6.03. The minimum absolute atomic E-state index is 0.324. The average molecular weight is 418 g/mol. The summed E-state index contributed by atoms with van der Waals surface area (Å²) in [7, 11) is 1.63. The van der Waals surface area contributed by atoms with Crippen LogP contribution >= 0.6 is 0 Å². The summed E-state index contributed by atoms with van der Waals surface area (Å²) in [6, 6.07) is 23.4. The molecule has 6 heteroatoms. The highest BCUT2D eigenvalue weighted by Gasteiger charge is 2.13. The van der Waals surface area contributed by atoms with Crippen molar-refractivity contribution in [1.29, 1.82) is 0 Å². The van der Waals surface area contributed by atoms with Gasteiger partial charge in [-0.05, 0) is 43.3 Å². The summed E-state index contributed by atoms with van der Waals surface area (Å²) in [6.45, 7) is 3.99. The Morgan fingerprint density at radius 1 is 0.742 bits per heavy atom. The highest BCUT2D eigenvalue weighted by atomic mass is 16.5. The van der Waals surface area contributed by atoms with Gasteiger partial charge in [0.05, 0.1) is 31.3 Å². The SMILES string of the molecule is CCOc1ccccc1OCCn1c(COc2ccccc2OC)nc2ccccc21. The van der Waals surface area contributed by atoms with E-state index in [0.717, 1.165) is 28.4 Å². The molecule has 0 saturated carbocycles. The molecule has 0 saturated heterocycles. The Hall–Kier alpha value is -3.67. The van der Waals surface area contributed by atoms with E-state index in [4.69, 9.17) is 23.9 Å². The largest absolute Gasteiger partial charge is 0.493 e. The molecular formula is C25H26N2O4. The van der Waals surface area contributed by atoms with Crippen LogP contribution in [0, 0.1) is 0 Å². The first kappa shape index (κ1) is 20.6. The lowest BCUT2D eigenvalue weighted by Gasteiger charge is -2.14. The van der Waals surface area contributed by atoms with E-state index < -0.39 is 0 Å². The van der Waals surface area contributed by atoms with E-state index in [1.54, 1.807) is 7.11 Å². The van der Waals surface area contributed by atoms with Crippen LogP contribution in [0.15, 0.2) is 72.8 Å². The van der Waals surface area contributed by atoms with Gasteiger partial charge in [-0.3, -0.25) is 0 Å². The number of benzene rings is 3. The Labute approximate surface area is 182 Å². The van der Waals surface area contributed by atoms with Crippen LogP contribution in [-0.2, 0) is 13.2 Å². The third kappa shape index (κ3) is 4.74. The van der Waals surface area contributed by atoms with Gasteiger partial charge >= 0.3 is 0 Å². The van der Waals surface area contributed by atoms with Crippen LogP contribution < -0.4 is 18.9 Å². The van der Waals surface area contributed by atoms with Gasteiger partial charge in [0.25, 0.3) is 0 Å². The van der Waals surface area contributed by atoms with E-state index in [-0.39, 0.29) is 0 Å². The molecule has 0 bridgehead atoms. The van der Waals surface area contributed by atoms with Crippen molar-refractivity contribution in [3.63, 3.8) is 0 Å². The van der Waals surface area contributed by atoms with Gasteiger partial charge in [0.15, 0.2) is 23.0 Å². The Kier molecular flexibility index (Phi) is 6.57. The Balaban J connectivity index is 1.52. The first-order valence-electron chi connectivity index (χ1n) is 10.3. The predicted molar refractivity (Wildman–Crippen MR) is 120 cm³/mol. The summed E-state index contributed by atoms with van der Waals surface area (Å²) in [6.07, 6.45) is 0. The molecule has 1 aromatic heterocycles. The molecular weight excluding hydrogens is 392 g/mol. The van der Waals surface area contributed by atoms with E-state index in [9.17, 15) is 0 Å². The van der Waals surface area contributed by atoms with Crippen LogP contribution in [0.2, 0.25) is 0 Å². The summed E-state index contributed by atoms with van der Waals surface area (Å²) in [5.41, 5.74) is 1.97. The molecule has 0 atom stereocenters. The summed E-state index contributed by atoms with van der Waals surface area (Å²) >= 11 is 0. The van der Waals surface area contributed by atoms with Gasteiger partial charge in [-0.25, -0.2) is 4.98 Å². The van der Waals surface area contributed by atoms with Crippen molar-refractivity contribution in [1.82, 2.24) is 9.55 Å². The standard InChI is InChI=1S/C25H26N2O4/c1-3-29-23-14-8-9-15-24(23)30-17-16-27-20-11-5-4-10-19(20)26-25(27)18-31-22-13-7-6-12-21(22)28-2/h4-15H,3,16-18H2,1-2H3. The molecule has 1 heterocycles. The third-order valence-corrected chi connectivity index (χ3v) is 4.88. The van der Waals surface area contributed by atoms with Crippen molar-refractivity contribution in [2.75, 3.05) is 20.3 Å². The number of fused-ring (bicyclic) bond motifs is 1. The number of aromatic nitrogens is 2. The summed E-state index contributed by atoms with van der Waals surface area (Å²) in [5.74, 6) is 3.70. The van der Waals surface area contributed by atoms with Crippen LogP contribution in [0.25, 0.3) is 11.0 Å². The van der Waals surface area contributed by atoms with E-state index in [1.807, 2.05) is 73.7 Å². The van der Waals surface area contributed by atoms with E-state index in [2.05, 4.69) is 10.6 Å². The molecule has 0 fully saturated rings. The molecule has 0 amide bonds. The number of hydrogen-bond acceptors (Lipinski definition) is 5. The third-order valence-electron chi connectivity index (χ3n) is 4.88. The van der Waals surface area contributed by atoms with Crippen molar-refractivity contribution in [2.45, 2.75) is 20.1 Å². The van der Waals surface area contributed by atoms with Crippen molar-refractivity contribution in [3.8, 4) is 23.0 Å². The second-order valence-electron chi connectivity index (χ2n) is 6.84. The van der Waals surface area contributed by atoms with Gasteiger partial charge in [-0.1, -0.05) is 36.4 Å². The molecule has 160 valence electrons. The van der Waals surface area contributed by atoms with Crippen molar-refractivity contribution >= 4 is 11.0 Å². The van der Waals surface area contributed by atoms with E-state index in [1.165, 1.54) is 0 Å². The zero-order valence-electron chi connectivity index (χ0n) is 17.8. The molecule has 31 heavy (non-hydrogen) atoms. The molecule has 0 aliphatic carbocycles. The summed E-state index contributed by atoms with van der Waals surface area (Å²) < 4.78 is 25.2. The molecule has 0 radical (unpaired) electrons. The molecule has 4 rings (SSSR count). The molecule has 0 spiro atoms. The molecule has 0 aliphatic heterocycles. The molecule has 6 nitrogen and oxygen atoms in total. The Bertz CT molecular complexity index is 1140. The minimum atomic E-state index is 0.324. The fourth-order valence-corrected chi connectivity index (χ4v) is 3.46. The zero-order chi connectivity index (χ0) is 21.5. The van der Waals surface area contributed by atoms with Gasteiger partial charge in [0.2, 0.25) is 0 Å². The fourth-order valence-electron chi connectivity index (χ4n) is 3.46. The van der Waals surface area contributed by atoms with Crippen molar-refractivity contribution in [3.05, 3.63) is 78.6 Å². The maximum absolute atomic E-state index is 6.03. The van der Waals surface area contributed by atoms with Gasteiger partial charge in [0, 0.05) is 0 Å². The van der Waals surface area contributed by atoms with Crippen LogP contribution in [-0.4, -0.2) is 29.9 Å². The number of para-hydroxylation sites is 6. The monoisotopic (exact) mass is 418 g/mol. The molecule has 0 aliphatic rings. The predicted octanol–water partition coefficient (Wildman–Crippen LogP) is 5.10. The molecule has 3 aromatic carbocycles. The number of nitrogens with zero attached hydrogens (tertiary/aromatic N) is 2. The van der Waals surface area contributed by atoms with Crippen LogP contribution in [0.4, 0.5) is 0 Å². The van der Waals surface area contributed by atoms with Gasteiger partial charge < -0.3 is 23.5 Å². The highest BCUT2D eigenvalue weighted by molar-refractivity contribution is 5.75. The number of rotatable bonds is 10. The summed E-state index contributed by atoms with van der Waals surface area (Å²) in [4.78, 5) is 4.77. The Morgan fingerprint density at radius 3 is 2.06 bits per heavy atom. The Morgan fingerprint density at radius 2 is 1.35 bits per heavy atom. The fraction of sp³-hybridized carbons (Fsp3) is 0.240. The van der Waals surface area contributed by atoms with Crippen LogP contribution in [0.3, 0.4) is 0 Å². The number of hydrogen-bond donors (Lipinski definition) is 0. The highest BCUT2D eigenvalue weighted by Crippen LogP contribution is 2.28. The topological polar surface area (TPSA) is 54.7 Å². The average Bonchev–Trinajstić information content (AvgIpc) is 3.16. The quantitative estimate of drug-likeness (QED) is 0.359. The van der Waals surface area contributed by atoms with Gasteiger partial charge in [-0.2, -0.15) is 0 Å². The molecule has 0 N–H and O–H groups in total. The summed E-state index contributed by atoms with van der Waals surface area (Å²) in [5, 5.41) is 0. The van der Waals surface area contributed by atoms with Crippen molar-refractivity contribution < 1.29 is 18.9 Å². The van der Waals surface area contributed by atoms with Gasteiger partial charge in [0.1, 0.15) is 19.0 Å². The second kappa shape index (κ2) is 9.89. The zero-order valence-corrected chi connectivity index (χ0v) is 17.8. The lowest BCUT2D eigenvalue weighted by molar-refractivity contribution is 0.253. The first-order chi connectivity index (χ1) is 15.3. The molecule has 4 aromatic rings. The van der Waals surface area contributed by atoms with Crippen LogP contribution in [0.5, 0.6) is 23.0 Å². The first-order valence-corrected chi connectivity index (χ1v) is 10.3. The minimum Gasteiger partial charge on any atom is -0.493 e.